The number of hydrogen-bond acceptors (Lipinski definition) is 2. The van der Waals surface area contributed by atoms with Gasteiger partial charge in [0.2, 0.25) is 5.91 Å². The minimum Gasteiger partial charge on any atom is -0.311 e. The minimum atomic E-state index is 0.00909. The normalized spacial score (nSPS) is 10.3. The summed E-state index contributed by atoms with van der Waals surface area (Å²) < 4.78 is 0.902. The fourth-order valence-corrected chi connectivity index (χ4v) is 1.25. The fraction of sp³-hybridized carbons (Fsp3) is 0.400. The summed E-state index contributed by atoms with van der Waals surface area (Å²) in [7, 11) is 0. The molecule has 0 radical (unpaired) electrons. The van der Waals surface area contributed by atoms with E-state index in [9.17, 15) is 4.79 Å². The van der Waals surface area contributed by atoms with Crippen molar-refractivity contribution in [3.8, 4) is 0 Å². The Balaban J connectivity index is 2.52. The van der Waals surface area contributed by atoms with E-state index in [-0.39, 0.29) is 5.91 Å². The van der Waals surface area contributed by atoms with Gasteiger partial charge in [-0.25, -0.2) is 4.98 Å². The van der Waals surface area contributed by atoms with Crippen molar-refractivity contribution in [3.05, 3.63) is 22.8 Å². The summed E-state index contributed by atoms with van der Waals surface area (Å²) in [5.41, 5.74) is 0. The average molecular weight is 257 g/mol. The molecule has 1 heterocycles. The molecule has 1 aromatic heterocycles. The highest BCUT2D eigenvalue weighted by atomic mass is 79.9. The van der Waals surface area contributed by atoms with Gasteiger partial charge in [-0.15, -0.1) is 0 Å². The number of carbonyl (C=O) groups is 1. The van der Waals surface area contributed by atoms with E-state index in [1.54, 1.807) is 12.3 Å². The number of amides is 1. The summed E-state index contributed by atoms with van der Waals surface area (Å²) in [6.45, 7) is 4.02. The van der Waals surface area contributed by atoms with E-state index < -0.39 is 0 Å². The Labute approximate surface area is 92.1 Å². The molecule has 0 aliphatic rings. The molecule has 0 aliphatic carbocycles. The summed E-state index contributed by atoms with van der Waals surface area (Å²) in [5.74, 6) is 0.971. The molecule has 0 bridgehead atoms. The molecule has 0 aromatic carbocycles. The Morgan fingerprint density at radius 2 is 2.29 bits per heavy atom. The van der Waals surface area contributed by atoms with E-state index in [0.29, 0.717) is 18.2 Å². The van der Waals surface area contributed by atoms with Gasteiger partial charge >= 0.3 is 0 Å². The van der Waals surface area contributed by atoms with Gasteiger partial charge in [-0.05, 0) is 34.0 Å². The van der Waals surface area contributed by atoms with Gasteiger partial charge in [0.15, 0.2) is 0 Å². The third-order valence-electron chi connectivity index (χ3n) is 1.59. The van der Waals surface area contributed by atoms with Gasteiger partial charge in [-0.1, -0.05) is 13.8 Å². The maximum absolute atomic E-state index is 11.3. The zero-order valence-electron chi connectivity index (χ0n) is 8.25. The second-order valence-electron chi connectivity index (χ2n) is 3.51. The van der Waals surface area contributed by atoms with Crippen LogP contribution in [0.25, 0.3) is 0 Å². The molecule has 1 N–H and O–H groups in total. The monoisotopic (exact) mass is 256 g/mol. The van der Waals surface area contributed by atoms with Crippen LogP contribution in [0.1, 0.15) is 20.3 Å². The predicted molar refractivity (Wildman–Crippen MR) is 60.0 cm³/mol. The first-order valence-corrected chi connectivity index (χ1v) is 5.28. The highest BCUT2D eigenvalue weighted by Crippen LogP contribution is 2.11. The van der Waals surface area contributed by atoms with Crippen molar-refractivity contribution in [3.63, 3.8) is 0 Å². The zero-order chi connectivity index (χ0) is 10.6. The van der Waals surface area contributed by atoms with Crippen LogP contribution < -0.4 is 5.32 Å². The highest BCUT2D eigenvalue weighted by molar-refractivity contribution is 9.10. The number of aromatic nitrogens is 1. The number of pyridine rings is 1. The SMILES string of the molecule is CC(C)CC(=O)Nc1ccc(Br)cn1. The van der Waals surface area contributed by atoms with Gasteiger partial charge in [-0.3, -0.25) is 4.79 Å². The van der Waals surface area contributed by atoms with Crippen LogP contribution in [0.3, 0.4) is 0 Å². The molecule has 1 aromatic rings. The maximum atomic E-state index is 11.3. The molecule has 0 spiro atoms. The Kier molecular flexibility index (Phi) is 4.07. The van der Waals surface area contributed by atoms with Crippen LogP contribution in [0.5, 0.6) is 0 Å². The summed E-state index contributed by atoms with van der Waals surface area (Å²) in [6, 6.07) is 3.61. The lowest BCUT2D eigenvalue weighted by molar-refractivity contribution is -0.116. The Morgan fingerprint density at radius 3 is 2.79 bits per heavy atom. The number of nitrogens with zero attached hydrogens (tertiary/aromatic N) is 1. The Morgan fingerprint density at radius 1 is 1.57 bits per heavy atom. The van der Waals surface area contributed by atoms with Crippen molar-refractivity contribution in [1.29, 1.82) is 0 Å². The molecule has 0 unspecified atom stereocenters. The van der Waals surface area contributed by atoms with Crippen molar-refractivity contribution in [2.45, 2.75) is 20.3 Å². The molecule has 14 heavy (non-hydrogen) atoms. The first-order valence-electron chi connectivity index (χ1n) is 4.49. The molecular weight excluding hydrogens is 244 g/mol. The van der Waals surface area contributed by atoms with E-state index >= 15 is 0 Å². The van der Waals surface area contributed by atoms with Gasteiger partial charge < -0.3 is 5.32 Å². The highest BCUT2D eigenvalue weighted by Gasteiger charge is 2.05. The van der Waals surface area contributed by atoms with E-state index in [1.807, 2.05) is 19.9 Å². The third kappa shape index (κ3) is 3.87. The number of anilines is 1. The van der Waals surface area contributed by atoms with E-state index in [2.05, 4.69) is 26.2 Å². The van der Waals surface area contributed by atoms with E-state index in [0.717, 1.165) is 4.47 Å². The van der Waals surface area contributed by atoms with Crippen LogP contribution >= 0.6 is 15.9 Å². The molecule has 0 saturated carbocycles. The summed E-state index contributed by atoms with van der Waals surface area (Å²) >= 11 is 3.28. The number of hydrogen-bond donors (Lipinski definition) is 1. The van der Waals surface area contributed by atoms with E-state index in [4.69, 9.17) is 0 Å². The summed E-state index contributed by atoms with van der Waals surface area (Å²) in [4.78, 5) is 15.4. The van der Waals surface area contributed by atoms with E-state index in [1.165, 1.54) is 0 Å². The van der Waals surface area contributed by atoms with Gasteiger partial charge in [0.1, 0.15) is 5.82 Å². The lowest BCUT2D eigenvalue weighted by Crippen LogP contribution is -2.14. The topological polar surface area (TPSA) is 42.0 Å². The van der Waals surface area contributed by atoms with Gasteiger partial charge in [0.05, 0.1) is 0 Å². The second kappa shape index (κ2) is 5.10. The van der Waals surface area contributed by atoms with Crippen LogP contribution in [0.15, 0.2) is 22.8 Å². The smallest absolute Gasteiger partial charge is 0.225 e. The number of nitrogens with one attached hydrogen (secondary N) is 1. The van der Waals surface area contributed by atoms with Crippen molar-refractivity contribution < 1.29 is 4.79 Å². The van der Waals surface area contributed by atoms with Crippen LogP contribution in [-0.4, -0.2) is 10.9 Å². The molecule has 1 rings (SSSR count). The quantitative estimate of drug-likeness (QED) is 0.904. The first-order chi connectivity index (χ1) is 6.58. The number of halogens is 1. The zero-order valence-corrected chi connectivity index (χ0v) is 9.84. The largest absolute Gasteiger partial charge is 0.311 e. The molecule has 76 valence electrons. The van der Waals surface area contributed by atoms with Crippen LogP contribution in [0.4, 0.5) is 5.82 Å². The molecule has 0 atom stereocenters. The third-order valence-corrected chi connectivity index (χ3v) is 2.06. The Hall–Kier alpha value is -0.900. The van der Waals surface area contributed by atoms with Crippen LogP contribution in [-0.2, 0) is 4.79 Å². The lowest BCUT2D eigenvalue weighted by atomic mass is 10.1. The van der Waals surface area contributed by atoms with Crippen LogP contribution in [0, 0.1) is 5.92 Å². The summed E-state index contributed by atoms with van der Waals surface area (Å²) in [5, 5.41) is 2.73. The fourth-order valence-electron chi connectivity index (χ4n) is 1.01. The lowest BCUT2D eigenvalue weighted by Gasteiger charge is -2.05. The summed E-state index contributed by atoms with van der Waals surface area (Å²) in [6.07, 6.45) is 2.18. The van der Waals surface area contributed by atoms with Crippen LogP contribution in [0.2, 0.25) is 0 Å². The first kappa shape index (κ1) is 11.2. The molecular formula is C10H13BrN2O. The minimum absolute atomic E-state index is 0.00909. The molecule has 0 aliphatic heterocycles. The molecule has 4 heteroatoms. The molecule has 3 nitrogen and oxygen atoms in total. The predicted octanol–water partition coefficient (Wildman–Crippen LogP) is 2.83. The maximum Gasteiger partial charge on any atom is 0.225 e. The van der Waals surface area contributed by atoms with Gasteiger partial charge in [-0.2, -0.15) is 0 Å². The van der Waals surface area contributed by atoms with Gasteiger partial charge in [0, 0.05) is 17.1 Å². The molecule has 1 amide bonds. The number of rotatable bonds is 3. The molecule has 0 fully saturated rings. The second-order valence-corrected chi connectivity index (χ2v) is 4.42. The standard InChI is InChI=1S/C10H13BrN2O/c1-7(2)5-10(14)13-9-4-3-8(11)6-12-9/h3-4,6-7H,5H2,1-2H3,(H,12,13,14). The average Bonchev–Trinajstić information content (AvgIpc) is 2.07. The van der Waals surface area contributed by atoms with Gasteiger partial charge in [0.25, 0.3) is 0 Å². The van der Waals surface area contributed by atoms with Crippen molar-refractivity contribution in [2.24, 2.45) is 5.92 Å². The Bertz CT molecular complexity index is 308. The number of carbonyl (C=O) groups excluding carboxylic acids is 1. The van der Waals surface area contributed by atoms with Crippen molar-refractivity contribution >= 4 is 27.7 Å². The van der Waals surface area contributed by atoms with Crippen molar-refractivity contribution in [2.75, 3.05) is 5.32 Å². The molecule has 0 saturated heterocycles. The van der Waals surface area contributed by atoms with Crippen molar-refractivity contribution in [1.82, 2.24) is 4.98 Å².